The molecule has 1 heterocycles. The van der Waals surface area contributed by atoms with E-state index in [9.17, 15) is 9.60 Å². The van der Waals surface area contributed by atoms with Crippen molar-refractivity contribution in [2.75, 3.05) is 0 Å². The van der Waals surface area contributed by atoms with E-state index in [0.717, 1.165) is 10.1 Å². The number of aromatic nitrogens is 1. The van der Waals surface area contributed by atoms with Gasteiger partial charge < -0.3 is 5.21 Å². The van der Waals surface area contributed by atoms with Crippen LogP contribution in [-0.4, -0.2) is 0 Å². The van der Waals surface area contributed by atoms with E-state index < -0.39 is 0 Å². The van der Waals surface area contributed by atoms with Crippen LogP contribution in [0.3, 0.4) is 0 Å². The van der Waals surface area contributed by atoms with Crippen molar-refractivity contribution in [2.45, 2.75) is 26.7 Å². The van der Waals surface area contributed by atoms with Crippen LogP contribution in [0.15, 0.2) is 22.8 Å². The lowest BCUT2D eigenvalue weighted by molar-refractivity contribution is -0.614. The van der Waals surface area contributed by atoms with E-state index in [4.69, 9.17) is 0 Å². The molecule has 17 heavy (non-hydrogen) atoms. The molecule has 1 aromatic heterocycles. The second kappa shape index (κ2) is 4.26. The SMILES string of the molecule is Cc1ccc2c(Br)c(C(C)C)[n+]([O-])cc2c1F. The van der Waals surface area contributed by atoms with Gasteiger partial charge >= 0.3 is 0 Å². The topological polar surface area (TPSA) is 26.9 Å². The van der Waals surface area contributed by atoms with Crippen molar-refractivity contribution >= 4 is 26.7 Å². The Morgan fingerprint density at radius 3 is 2.53 bits per heavy atom. The monoisotopic (exact) mass is 297 g/mol. The van der Waals surface area contributed by atoms with Gasteiger partial charge in [0.25, 0.3) is 0 Å². The van der Waals surface area contributed by atoms with Crippen LogP contribution in [0.1, 0.15) is 31.0 Å². The number of halogens is 2. The minimum Gasteiger partial charge on any atom is -0.618 e. The quantitative estimate of drug-likeness (QED) is 0.581. The first-order chi connectivity index (χ1) is 7.93. The van der Waals surface area contributed by atoms with Gasteiger partial charge in [-0.05, 0) is 28.4 Å². The highest BCUT2D eigenvalue weighted by Crippen LogP contribution is 2.31. The van der Waals surface area contributed by atoms with Crippen molar-refractivity contribution < 1.29 is 9.12 Å². The molecule has 0 atom stereocenters. The second-order valence-electron chi connectivity index (χ2n) is 4.47. The van der Waals surface area contributed by atoms with Gasteiger partial charge in [0.15, 0.2) is 6.20 Å². The van der Waals surface area contributed by atoms with Gasteiger partial charge in [-0.3, -0.25) is 0 Å². The molecule has 2 rings (SSSR count). The summed E-state index contributed by atoms with van der Waals surface area (Å²) in [6.07, 6.45) is 1.32. The number of aryl methyl sites for hydroxylation is 1. The van der Waals surface area contributed by atoms with E-state index in [1.165, 1.54) is 6.20 Å². The van der Waals surface area contributed by atoms with Gasteiger partial charge in [-0.2, -0.15) is 4.73 Å². The molecule has 90 valence electrons. The summed E-state index contributed by atoms with van der Waals surface area (Å²) in [6.45, 7) is 5.56. The van der Waals surface area contributed by atoms with E-state index in [-0.39, 0.29) is 11.7 Å². The third-order valence-corrected chi connectivity index (χ3v) is 3.70. The van der Waals surface area contributed by atoms with Crippen LogP contribution in [0.5, 0.6) is 0 Å². The molecule has 0 radical (unpaired) electrons. The first-order valence-corrected chi connectivity index (χ1v) is 6.23. The zero-order valence-electron chi connectivity index (χ0n) is 9.92. The molecule has 0 amide bonds. The summed E-state index contributed by atoms with van der Waals surface area (Å²) in [5.41, 5.74) is 1.17. The summed E-state index contributed by atoms with van der Waals surface area (Å²) < 4.78 is 15.3. The Kier molecular flexibility index (Phi) is 3.08. The van der Waals surface area contributed by atoms with Crippen molar-refractivity contribution in [3.8, 4) is 0 Å². The van der Waals surface area contributed by atoms with Gasteiger partial charge in [-0.25, -0.2) is 4.39 Å². The highest BCUT2D eigenvalue weighted by Gasteiger charge is 2.20. The van der Waals surface area contributed by atoms with Crippen LogP contribution in [-0.2, 0) is 0 Å². The number of pyridine rings is 1. The van der Waals surface area contributed by atoms with E-state index in [1.54, 1.807) is 13.0 Å². The maximum Gasteiger partial charge on any atom is 0.210 e. The lowest BCUT2D eigenvalue weighted by Gasteiger charge is -2.12. The molecule has 0 aliphatic heterocycles. The number of hydrogen-bond donors (Lipinski definition) is 0. The predicted molar refractivity (Wildman–Crippen MR) is 69.4 cm³/mol. The first kappa shape index (κ1) is 12.3. The Bertz CT molecular complexity index is 596. The van der Waals surface area contributed by atoms with Crippen molar-refractivity contribution in [1.29, 1.82) is 0 Å². The van der Waals surface area contributed by atoms with Crippen molar-refractivity contribution in [1.82, 2.24) is 0 Å². The first-order valence-electron chi connectivity index (χ1n) is 5.44. The Hall–Kier alpha value is -1.16. The molecule has 0 fully saturated rings. The van der Waals surface area contributed by atoms with Crippen LogP contribution in [0.2, 0.25) is 0 Å². The molecule has 0 spiro atoms. The summed E-state index contributed by atoms with van der Waals surface area (Å²) in [5, 5.41) is 13.0. The number of hydrogen-bond acceptors (Lipinski definition) is 1. The molecule has 0 saturated heterocycles. The lowest BCUT2D eigenvalue weighted by Crippen LogP contribution is -2.33. The largest absolute Gasteiger partial charge is 0.618 e. The van der Waals surface area contributed by atoms with Gasteiger partial charge in [-0.15, -0.1) is 0 Å². The molecular formula is C13H13BrFNO. The number of benzene rings is 1. The van der Waals surface area contributed by atoms with Gasteiger partial charge in [-0.1, -0.05) is 26.0 Å². The summed E-state index contributed by atoms with van der Waals surface area (Å²) in [5.74, 6) is -0.251. The van der Waals surface area contributed by atoms with E-state index in [2.05, 4.69) is 15.9 Å². The molecule has 0 saturated carbocycles. The summed E-state index contributed by atoms with van der Waals surface area (Å²) in [6, 6.07) is 3.56. The van der Waals surface area contributed by atoms with Crippen LogP contribution in [0, 0.1) is 17.9 Å². The fourth-order valence-corrected chi connectivity index (χ4v) is 2.93. The fourth-order valence-electron chi connectivity index (χ4n) is 1.95. The summed E-state index contributed by atoms with van der Waals surface area (Å²) in [4.78, 5) is 0. The molecule has 0 aliphatic rings. The zero-order valence-corrected chi connectivity index (χ0v) is 11.5. The highest BCUT2D eigenvalue weighted by molar-refractivity contribution is 9.10. The second-order valence-corrected chi connectivity index (χ2v) is 5.26. The molecule has 2 nitrogen and oxygen atoms in total. The fraction of sp³-hybridized carbons (Fsp3) is 0.308. The summed E-state index contributed by atoms with van der Waals surface area (Å²) in [7, 11) is 0. The highest BCUT2D eigenvalue weighted by atomic mass is 79.9. The summed E-state index contributed by atoms with van der Waals surface area (Å²) >= 11 is 3.40. The van der Waals surface area contributed by atoms with Crippen LogP contribution in [0.25, 0.3) is 10.8 Å². The zero-order chi connectivity index (χ0) is 12.7. The number of rotatable bonds is 1. The Balaban J connectivity index is 2.91. The molecule has 0 bridgehead atoms. The average molecular weight is 298 g/mol. The van der Waals surface area contributed by atoms with Gasteiger partial charge in [0, 0.05) is 11.3 Å². The standard InChI is InChI=1S/C13H13BrFNO/c1-7(2)13-11(14)9-5-4-8(3)12(15)10(9)6-16(13)17/h4-7H,1-3H3. The van der Waals surface area contributed by atoms with Crippen LogP contribution < -0.4 is 4.73 Å². The van der Waals surface area contributed by atoms with Crippen molar-refractivity contribution in [3.63, 3.8) is 0 Å². The van der Waals surface area contributed by atoms with E-state index in [0.29, 0.717) is 21.1 Å². The van der Waals surface area contributed by atoms with Gasteiger partial charge in [0.05, 0.1) is 9.86 Å². The normalized spacial score (nSPS) is 11.4. The minimum atomic E-state index is -0.330. The Morgan fingerprint density at radius 2 is 1.94 bits per heavy atom. The molecule has 0 N–H and O–H groups in total. The van der Waals surface area contributed by atoms with Crippen molar-refractivity contribution in [2.24, 2.45) is 0 Å². The third-order valence-electron chi connectivity index (χ3n) is 2.86. The van der Waals surface area contributed by atoms with Gasteiger partial charge in [0.2, 0.25) is 5.69 Å². The maximum atomic E-state index is 13.9. The van der Waals surface area contributed by atoms with Crippen molar-refractivity contribution in [3.05, 3.63) is 45.1 Å². The Labute approximate surface area is 108 Å². The molecule has 1 aromatic carbocycles. The molecule has 0 unspecified atom stereocenters. The average Bonchev–Trinajstić information content (AvgIpc) is 2.23. The Morgan fingerprint density at radius 1 is 1.29 bits per heavy atom. The third kappa shape index (κ3) is 1.90. The minimum absolute atomic E-state index is 0.0793. The van der Waals surface area contributed by atoms with Gasteiger partial charge in [0.1, 0.15) is 5.82 Å². The maximum absolute atomic E-state index is 13.9. The molecule has 4 heteroatoms. The smallest absolute Gasteiger partial charge is 0.210 e. The van der Waals surface area contributed by atoms with E-state index >= 15 is 0 Å². The van der Waals surface area contributed by atoms with Crippen LogP contribution in [0.4, 0.5) is 4.39 Å². The molecular weight excluding hydrogens is 285 g/mol. The molecule has 0 aliphatic carbocycles. The number of fused-ring (bicyclic) bond motifs is 1. The molecule has 2 aromatic rings. The van der Waals surface area contributed by atoms with E-state index in [1.807, 2.05) is 19.9 Å². The number of nitrogens with zero attached hydrogens (tertiary/aromatic N) is 1. The van der Waals surface area contributed by atoms with Crippen LogP contribution >= 0.6 is 15.9 Å². The predicted octanol–water partition coefficient (Wildman–Crippen LogP) is 3.81. The lowest BCUT2D eigenvalue weighted by atomic mass is 10.0.